The van der Waals surface area contributed by atoms with E-state index in [0.717, 1.165) is 12.5 Å². The van der Waals surface area contributed by atoms with Crippen LogP contribution in [0, 0.1) is 5.41 Å². The third-order valence-electron chi connectivity index (χ3n) is 3.02. The Morgan fingerprint density at radius 1 is 0.815 bits per heavy atom. The molecule has 4 nitrogen and oxygen atoms in total. The van der Waals surface area contributed by atoms with Crippen LogP contribution in [0.1, 0.15) is 20.8 Å². The first kappa shape index (κ1) is 26.3. The Morgan fingerprint density at radius 3 is 1.48 bits per heavy atom. The highest BCUT2D eigenvalue weighted by atomic mass is 32.3. The number of hydrogen-bond acceptors (Lipinski definition) is 4. The van der Waals surface area contributed by atoms with E-state index in [-0.39, 0.29) is 0 Å². The fraction of sp³-hybridized carbons (Fsp3) is 0.917. The fourth-order valence-electron chi connectivity index (χ4n) is 1.36. The molecule has 0 unspecified atom stereocenters. The van der Waals surface area contributed by atoms with Crippen LogP contribution in [-0.2, 0) is 18.5 Å². The molecule has 0 N–H and O–H groups in total. The fourth-order valence-corrected chi connectivity index (χ4v) is 5.34. The summed E-state index contributed by atoms with van der Waals surface area (Å²) in [6.45, 7) is 4.06. The summed E-state index contributed by atoms with van der Waals surface area (Å²) in [7, 11) is -10.4. The van der Waals surface area contributed by atoms with Gasteiger partial charge in [-0.3, -0.25) is 4.79 Å². The SMILES string of the molecule is CC(C)(C)C(=O)CS(C)(C)OS(=O)(=O)C(F)(F)C(F)(F)C(F)(F)C(F)(F)F. The zero-order valence-electron chi connectivity index (χ0n) is 14.6. The minimum Gasteiger partial charge on any atom is -0.298 e. The predicted octanol–water partition coefficient (Wildman–Crippen LogP) is 4.35. The molecule has 27 heavy (non-hydrogen) atoms. The van der Waals surface area contributed by atoms with Crippen LogP contribution in [0.5, 0.6) is 0 Å². The van der Waals surface area contributed by atoms with Gasteiger partial charge in [0.25, 0.3) is 0 Å². The number of ketones is 1. The average molecular weight is 460 g/mol. The first-order valence-electron chi connectivity index (χ1n) is 6.73. The van der Waals surface area contributed by atoms with Crippen LogP contribution in [0.2, 0.25) is 0 Å². The molecule has 0 aromatic carbocycles. The monoisotopic (exact) mass is 460 g/mol. The first-order valence-corrected chi connectivity index (χ1v) is 10.7. The van der Waals surface area contributed by atoms with Crippen molar-refractivity contribution in [2.24, 2.45) is 5.41 Å². The molecule has 15 heteroatoms. The van der Waals surface area contributed by atoms with Crippen molar-refractivity contribution in [3.8, 4) is 0 Å². The molecule has 0 amide bonds. The molecule has 0 atom stereocenters. The molecular formula is C12H17F9O4S2. The van der Waals surface area contributed by atoms with Gasteiger partial charge in [-0.25, -0.2) is 3.63 Å². The molecule has 0 heterocycles. The van der Waals surface area contributed by atoms with Gasteiger partial charge in [-0.15, -0.1) is 10.3 Å². The van der Waals surface area contributed by atoms with E-state index in [1.54, 1.807) is 0 Å². The van der Waals surface area contributed by atoms with Crippen LogP contribution in [0.15, 0.2) is 0 Å². The van der Waals surface area contributed by atoms with Crippen molar-refractivity contribution >= 4 is 26.2 Å². The van der Waals surface area contributed by atoms with Crippen molar-refractivity contribution in [3.05, 3.63) is 0 Å². The Kier molecular flexibility index (Phi) is 6.79. The van der Waals surface area contributed by atoms with Gasteiger partial charge in [-0.2, -0.15) is 47.9 Å². The smallest absolute Gasteiger partial charge is 0.298 e. The first-order chi connectivity index (χ1) is 11.3. The molecule has 0 aliphatic rings. The van der Waals surface area contributed by atoms with Gasteiger partial charge < -0.3 is 0 Å². The summed E-state index contributed by atoms with van der Waals surface area (Å²) < 4.78 is 142. The minimum atomic E-state index is -7.37. The van der Waals surface area contributed by atoms with E-state index in [9.17, 15) is 52.7 Å². The highest BCUT2D eigenvalue weighted by molar-refractivity contribution is 8.32. The lowest BCUT2D eigenvalue weighted by Crippen LogP contribution is -2.63. The van der Waals surface area contributed by atoms with E-state index in [0.29, 0.717) is 0 Å². The highest BCUT2D eigenvalue weighted by Gasteiger charge is 2.86. The maximum absolute atomic E-state index is 13.6. The Morgan fingerprint density at radius 2 is 1.19 bits per heavy atom. The summed E-state index contributed by atoms with van der Waals surface area (Å²) >= 11 is 0. The van der Waals surface area contributed by atoms with Gasteiger partial charge in [0.15, 0.2) is 0 Å². The Hall–Kier alpha value is -0.700. The summed E-state index contributed by atoms with van der Waals surface area (Å²) in [5.74, 6) is -16.3. The normalized spacial score (nSPS) is 16.4. The predicted molar refractivity (Wildman–Crippen MR) is 79.7 cm³/mol. The number of halogens is 9. The van der Waals surface area contributed by atoms with Crippen LogP contribution in [0.3, 0.4) is 0 Å². The van der Waals surface area contributed by atoms with Gasteiger partial charge in [0.05, 0.1) is 5.75 Å². The van der Waals surface area contributed by atoms with E-state index in [1.807, 2.05) is 0 Å². The zero-order chi connectivity index (χ0) is 22.5. The van der Waals surface area contributed by atoms with Gasteiger partial charge in [0.2, 0.25) is 0 Å². The van der Waals surface area contributed by atoms with Gasteiger partial charge in [0, 0.05) is 5.41 Å². The van der Waals surface area contributed by atoms with Crippen molar-refractivity contribution in [2.75, 3.05) is 18.3 Å². The summed E-state index contributed by atoms with van der Waals surface area (Å²) in [4.78, 5) is 11.8. The van der Waals surface area contributed by atoms with E-state index < -0.39 is 60.7 Å². The van der Waals surface area contributed by atoms with Gasteiger partial charge in [-0.05, 0) is 12.5 Å². The van der Waals surface area contributed by atoms with Crippen molar-refractivity contribution in [3.63, 3.8) is 0 Å². The Labute approximate surface area is 151 Å². The van der Waals surface area contributed by atoms with Crippen molar-refractivity contribution in [2.45, 2.75) is 44.0 Å². The lowest BCUT2D eigenvalue weighted by atomic mass is 9.92. The van der Waals surface area contributed by atoms with Crippen LogP contribution in [-0.4, -0.2) is 55.7 Å². The third-order valence-corrected chi connectivity index (χ3v) is 7.05. The molecule has 0 saturated carbocycles. The molecule has 0 spiro atoms. The van der Waals surface area contributed by atoms with E-state index in [4.69, 9.17) is 0 Å². The van der Waals surface area contributed by atoms with Crippen LogP contribution in [0.25, 0.3) is 0 Å². The number of hydrogen-bond donors (Lipinski definition) is 0. The van der Waals surface area contributed by atoms with Gasteiger partial charge in [-0.1, -0.05) is 20.8 Å². The van der Waals surface area contributed by atoms with E-state index in [2.05, 4.69) is 3.63 Å². The van der Waals surface area contributed by atoms with Gasteiger partial charge >= 0.3 is 33.4 Å². The van der Waals surface area contributed by atoms with Crippen LogP contribution < -0.4 is 0 Å². The van der Waals surface area contributed by atoms with Gasteiger partial charge in [0.1, 0.15) is 5.78 Å². The second kappa shape index (κ2) is 6.97. The molecule has 0 bridgehead atoms. The number of rotatable bonds is 7. The molecule has 0 aromatic rings. The second-order valence-electron chi connectivity index (χ2n) is 6.94. The van der Waals surface area contributed by atoms with Crippen LogP contribution >= 0.6 is 10.3 Å². The zero-order valence-corrected chi connectivity index (χ0v) is 16.2. The number of alkyl halides is 9. The van der Waals surface area contributed by atoms with Crippen LogP contribution in [0.4, 0.5) is 39.5 Å². The largest absolute Gasteiger partial charge is 0.460 e. The molecule has 0 aromatic heterocycles. The maximum atomic E-state index is 13.6. The van der Waals surface area contributed by atoms with Crippen molar-refractivity contribution in [1.82, 2.24) is 0 Å². The molecule has 0 fully saturated rings. The lowest BCUT2D eigenvalue weighted by molar-refractivity contribution is -0.382. The number of carbonyl (C=O) groups is 1. The quantitative estimate of drug-likeness (QED) is 0.530. The highest BCUT2D eigenvalue weighted by Crippen LogP contribution is 2.57. The Bertz CT molecular complexity index is 676. The lowest BCUT2D eigenvalue weighted by Gasteiger charge is -2.36. The van der Waals surface area contributed by atoms with Crippen molar-refractivity contribution in [1.29, 1.82) is 0 Å². The maximum Gasteiger partial charge on any atom is 0.460 e. The molecule has 0 aliphatic carbocycles. The summed E-state index contributed by atoms with van der Waals surface area (Å²) in [5, 5.41) is -6.94. The van der Waals surface area contributed by atoms with Crippen molar-refractivity contribution < 1.29 is 56.4 Å². The second-order valence-corrected chi connectivity index (χ2v) is 12.1. The molecule has 0 radical (unpaired) electrons. The number of Topliss-reactive ketones (excluding diaryl/α,β-unsaturated/α-hetero) is 1. The minimum absolute atomic E-state index is 0.742. The molecular weight excluding hydrogens is 443 g/mol. The average Bonchev–Trinajstić information content (AvgIpc) is 2.33. The van der Waals surface area contributed by atoms with E-state index >= 15 is 0 Å². The summed E-state index contributed by atoms with van der Waals surface area (Å²) in [6.07, 6.45) is -5.63. The molecule has 164 valence electrons. The molecule has 0 rings (SSSR count). The summed E-state index contributed by atoms with van der Waals surface area (Å²) in [5.41, 5.74) is -1.12. The third kappa shape index (κ3) is 5.02. The standard InChI is InChI=1S/C12H17F9O4S2/c1-8(2,3)7(22)6-26(4,5)25-27(23,24)12(20,21)10(15,16)9(13,14)11(17,18)19/h6H2,1-5H3. The Balaban J connectivity index is 5.97. The molecule has 0 aliphatic heterocycles. The molecule has 0 saturated heterocycles. The summed E-state index contributed by atoms with van der Waals surface area (Å²) in [6, 6.07) is 0. The number of carbonyl (C=O) groups excluding carboxylic acids is 1. The van der Waals surface area contributed by atoms with E-state index in [1.165, 1.54) is 20.8 Å². The topological polar surface area (TPSA) is 60.4 Å².